The highest BCUT2D eigenvalue weighted by atomic mass is 79.9. The van der Waals surface area contributed by atoms with Gasteiger partial charge in [-0.05, 0) is 48.8 Å². The van der Waals surface area contributed by atoms with Gasteiger partial charge in [0.25, 0.3) is 0 Å². The third kappa shape index (κ3) is 4.32. The van der Waals surface area contributed by atoms with E-state index < -0.39 is 0 Å². The first-order chi connectivity index (χ1) is 10.0. The predicted octanol–water partition coefficient (Wildman–Crippen LogP) is 4.73. The molecule has 0 fully saturated rings. The van der Waals surface area contributed by atoms with Crippen LogP contribution in [0.3, 0.4) is 0 Å². The van der Waals surface area contributed by atoms with E-state index in [-0.39, 0.29) is 5.91 Å². The molecule has 21 heavy (non-hydrogen) atoms. The molecule has 0 bridgehead atoms. The molecular formula is C18H26BrNO. The summed E-state index contributed by atoms with van der Waals surface area (Å²) in [4.78, 5) is 14.5. The van der Waals surface area contributed by atoms with E-state index in [0.29, 0.717) is 17.2 Å². The minimum atomic E-state index is 0.238. The lowest BCUT2D eigenvalue weighted by Gasteiger charge is -2.30. The standard InChI is InChI=1S/C18H26BrNO/c1-4-18(21)20-9-5-6-15-11-14(7-8-17(15)20)12-16(19)10-13(2)3/h7-8,11,13,16H,4-6,9-10,12H2,1-3H3. The van der Waals surface area contributed by atoms with Gasteiger partial charge in [-0.1, -0.05) is 48.8 Å². The molecule has 116 valence electrons. The summed E-state index contributed by atoms with van der Waals surface area (Å²) < 4.78 is 0. The van der Waals surface area contributed by atoms with Crippen LogP contribution in [0.25, 0.3) is 0 Å². The molecule has 0 aliphatic carbocycles. The first kappa shape index (κ1) is 16.5. The molecule has 1 aliphatic heterocycles. The number of carbonyl (C=O) groups is 1. The quantitative estimate of drug-likeness (QED) is 0.702. The van der Waals surface area contributed by atoms with Gasteiger partial charge in [-0.2, -0.15) is 0 Å². The molecule has 1 heterocycles. The van der Waals surface area contributed by atoms with Gasteiger partial charge >= 0.3 is 0 Å². The Morgan fingerprint density at radius 3 is 2.81 bits per heavy atom. The Balaban J connectivity index is 2.13. The summed E-state index contributed by atoms with van der Waals surface area (Å²) in [6.45, 7) is 7.32. The number of amides is 1. The van der Waals surface area contributed by atoms with E-state index in [9.17, 15) is 4.79 Å². The Hall–Kier alpha value is -0.830. The Bertz CT molecular complexity index is 498. The van der Waals surface area contributed by atoms with Gasteiger partial charge < -0.3 is 4.90 Å². The van der Waals surface area contributed by atoms with Crippen molar-refractivity contribution in [1.29, 1.82) is 0 Å². The lowest BCUT2D eigenvalue weighted by Crippen LogP contribution is -2.34. The molecule has 0 N–H and O–H groups in total. The predicted molar refractivity (Wildman–Crippen MR) is 93.3 cm³/mol. The number of hydrogen-bond donors (Lipinski definition) is 0. The van der Waals surface area contributed by atoms with Crippen molar-refractivity contribution in [1.82, 2.24) is 0 Å². The molecule has 0 spiro atoms. The molecule has 3 heteroatoms. The van der Waals surface area contributed by atoms with E-state index in [0.717, 1.165) is 31.5 Å². The number of aryl methyl sites for hydroxylation is 1. The lowest BCUT2D eigenvalue weighted by molar-refractivity contribution is -0.118. The molecule has 2 rings (SSSR count). The second-order valence-electron chi connectivity index (χ2n) is 6.40. The topological polar surface area (TPSA) is 20.3 Å². The fourth-order valence-corrected chi connectivity index (χ4v) is 4.20. The van der Waals surface area contributed by atoms with Crippen molar-refractivity contribution >= 4 is 27.5 Å². The van der Waals surface area contributed by atoms with Gasteiger partial charge in [-0.3, -0.25) is 4.79 Å². The van der Waals surface area contributed by atoms with Crippen molar-refractivity contribution < 1.29 is 4.79 Å². The molecular weight excluding hydrogens is 326 g/mol. The number of anilines is 1. The highest BCUT2D eigenvalue weighted by molar-refractivity contribution is 9.09. The third-order valence-corrected chi connectivity index (χ3v) is 4.75. The van der Waals surface area contributed by atoms with Crippen molar-refractivity contribution in [2.75, 3.05) is 11.4 Å². The molecule has 0 saturated heterocycles. The fourth-order valence-electron chi connectivity index (χ4n) is 3.08. The first-order valence-electron chi connectivity index (χ1n) is 8.07. The second kappa shape index (κ2) is 7.44. The Morgan fingerprint density at radius 1 is 1.38 bits per heavy atom. The van der Waals surface area contributed by atoms with Crippen LogP contribution in [-0.2, 0) is 17.6 Å². The van der Waals surface area contributed by atoms with E-state index in [1.165, 1.54) is 17.5 Å². The van der Waals surface area contributed by atoms with Crippen molar-refractivity contribution in [3.05, 3.63) is 29.3 Å². The summed E-state index contributed by atoms with van der Waals surface area (Å²) >= 11 is 3.79. The highest BCUT2D eigenvalue weighted by Crippen LogP contribution is 2.30. The van der Waals surface area contributed by atoms with Crippen molar-refractivity contribution in [3.63, 3.8) is 0 Å². The Kier molecular flexibility index (Phi) is 5.86. The average Bonchev–Trinajstić information content (AvgIpc) is 2.44. The van der Waals surface area contributed by atoms with E-state index in [4.69, 9.17) is 0 Å². The molecule has 1 aromatic rings. The maximum atomic E-state index is 12.0. The zero-order valence-corrected chi connectivity index (χ0v) is 14.9. The van der Waals surface area contributed by atoms with Crippen LogP contribution in [0.2, 0.25) is 0 Å². The molecule has 1 aliphatic rings. The van der Waals surface area contributed by atoms with Crippen LogP contribution in [0.1, 0.15) is 51.2 Å². The minimum Gasteiger partial charge on any atom is -0.312 e. The number of hydrogen-bond acceptors (Lipinski definition) is 1. The van der Waals surface area contributed by atoms with Gasteiger partial charge in [0.2, 0.25) is 5.91 Å². The van der Waals surface area contributed by atoms with Gasteiger partial charge in [0.05, 0.1) is 0 Å². The average molecular weight is 352 g/mol. The monoisotopic (exact) mass is 351 g/mol. The van der Waals surface area contributed by atoms with E-state index >= 15 is 0 Å². The molecule has 1 atom stereocenters. The largest absolute Gasteiger partial charge is 0.312 e. The highest BCUT2D eigenvalue weighted by Gasteiger charge is 2.21. The van der Waals surface area contributed by atoms with Gasteiger partial charge in [0.15, 0.2) is 0 Å². The van der Waals surface area contributed by atoms with Crippen molar-refractivity contribution in [2.45, 2.75) is 57.7 Å². The number of carbonyl (C=O) groups excluding carboxylic acids is 1. The third-order valence-electron chi connectivity index (χ3n) is 4.05. The molecule has 0 radical (unpaired) electrons. The van der Waals surface area contributed by atoms with E-state index in [2.05, 4.69) is 48.0 Å². The second-order valence-corrected chi connectivity index (χ2v) is 7.69. The molecule has 1 amide bonds. The molecule has 0 aromatic heterocycles. The number of fused-ring (bicyclic) bond motifs is 1. The van der Waals surface area contributed by atoms with E-state index in [1.807, 2.05) is 11.8 Å². The summed E-state index contributed by atoms with van der Waals surface area (Å²) in [6.07, 6.45) is 5.00. The maximum Gasteiger partial charge on any atom is 0.226 e. The van der Waals surface area contributed by atoms with Gasteiger partial charge in [0, 0.05) is 23.5 Å². The number of halogens is 1. The lowest BCUT2D eigenvalue weighted by atomic mass is 9.96. The summed E-state index contributed by atoms with van der Waals surface area (Å²) in [5, 5.41) is 0. The zero-order valence-electron chi connectivity index (χ0n) is 13.4. The molecule has 2 nitrogen and oxygen atoms in total. The fraction of sp³-hybridized carbons (Fsp3) is 0.611. The van der Waals surface area contributed by atoms with Crippen molar-refractivity contribution in [2.24, 2.45) is 5.92 Å². The molecule has 1 unspecified atom stereocenters. The summed E-state index contributed by atoms with van der Waals surface area (Å²) in [7, 11) is 0. The Labute approximate surface area is 137 Å². The van der Waals surface area contributed by atoms with Crippen molar-refractivity contribution in [3.8, 4) is 0 Å². The van der Waals surface area contributed by atoms with Crippen LogP contribution >= 0.6 is 15.9 Å². The van der Waals surface area contributed by atoms with Crippen LogP contribution in [0.4, 0.5) is 5.69 Å². The molecule has 0 saturated carbocycles. The van der Waals surface area contributed by atoms with Crippen LogP contribution in [0.5, 0.6) is 0 Å². The Morgan fingerprint density at radius 2 is 2.14 bits per heavy atom. The summed E-state index contributed by atoms with van der Waals surface area (Å²) in [5.74, 6) is 0.951. The van der Waals surface area contributed by atoms with Gasteiger partial charge in [-0.15, -0.1) is 0 Å². The van der Waals surface area contributed by atoms with Crippen LogP contribution < -0.4 is 4.90 Å². The number of alkyl halides is 1. The minimum absolute atomic E-state index is 0.238. The number of nitrogens with zero attached hydrogens (tertiary/aromatic N) is 1. The molecule has 1 aromatic carbocycles. The number of rotatable bonds is 5. The number of benzene rings is 1. The smallest absolute Gasteiger partial charge is 0.226 e. The van der Waals surface area contributed by atoms with E-state index in [1.54, 1.807) is 0 Å². The van der Waals surface area contributed by atoms with Crippen LogP contribution in [-0.4, -0.2) is 17.3 Å². The van der Waals surface area contributed by atoms with Gasteiger partial charge in [0.1, 0.15) is 0 Å². The SMILES string of the molecule is CCC(=O)N1CCCc2cc(CC(Br)CC(C)C)ccc21. The van der Waals surface area contributed by atoms with Crippen LogP contribution in [0.15, 0.2) is 18.2 Å². The van der Waals surface area contributed by atoms with Gasteiger partial charge in [-0.25, -0.2) is 0 Å². The van der Waals surface area contributed by atoms with Crippen LogP contribution in [0, 0.1) is 5.92 Å². The normalized spacial score (nSPS) is 16.0. The maximum absolute atomic E-state index is 12.0. The summed E-state index contributed by atoms with van der Waals surface area (Å²) in [5.41, 5.74) is 3.85. The summed E-state index contributed by atoms with van der Waals surface area (Å²) in [6, 6.07) is 6.64. The first-order valence-corrected chi connectivity index (χ1v) is 8.99. The zero-order chi connectivity index (χ0) is 15.4.